The quantitative estimate of drug-likeness (QED) is 0.846. The van der Waals surface area contributed by atoms with Crippen LogP contribution in [0.1, 0.15) is 18.4 Å². The molecular weight excluding hydrogens is 365 g/mol. The molecule has 2 N–H and O–H groups in total. The Kier molecular flexibility index (Phi) is 6.62. The number of likely N-dealkylation sites (tertiary alicyclic amines) is 1. The van der Waals surface area contributed by atoms with Crippen molar-refractivity contribution in [3.8, 4) is 5.69 Å². The Bertz CT molecular complexity index is 758. The van der Waals surface area contributed by atoms with Crippen molar-refractivity contribution in [3.63, 3.8) is 0 Å². The van der Waals surface area contributed by atoms with Gasteiger partial charge in [0, 0.05) is 24.6 Å². The maximum Gasteiger partial charge on any atom is 0.490 e. The maximum absolute atomic E-state index is 11.2. The summed E-state index contributed by atoms with van der Waals surface area (Å²) in [5.41, 5.74) is 2.28. The van der Waals surface area contributed by atoms with Gasteiger partial charge in [-0.2, -0.15) is 13.2 Å². The largest absolute Gasteiger partial charge is 0.490 e. The lowest BCUT2D eigenvalue weighted by atomic mass is 10.1. The average Bonchev–Trinajstić information content (AvgIpc) is 3.26. The number of aliphatic carboxylic acids is 2. The van der Waals surface area contributed by atoms with E-state index in [-0.39, 0.29) is 6.04 Å². The lowest BCUT2D eigenvalue weighted by molar-refractivity contribution is -0.192. The second-order valence-electron chi connectivity index (χ2n) is 6.03. The molecule has 0 bridgehead atoms. The molecule has 2 heterocycles. The summed E-state index contributed by atoms with van der Waals surface area (Å²) >= 11 is 0. The van der Waals surface area contributed by atoms with E-state index in [2.05, 4.69) is 28.8 Å². The summed E-state index contributed by atoms with van der Waals surface area (Å²) in [7, 11) is 0. The van der Waals surface area contributed by atoms with Gasteiger partial charge >= 0.3 is 18.1 Å². The lowest BCUT2D eigenvalue weighted by Gasteiger charge is -2.21. The molecule has 146 valence electrons. The van der Waals surface area contributed by atoms with Gasteiger partial charge in [-0.1, -0.05) is 12.1 Å². The highest BCUT2D eigenvalue weighted by atomic mass is 19.4. The van der Waals surface area contributed by atoms with Gasteiger partial charge in [0.1, 0.15) is 6.04 Å². The minimum absolute atomic E-state index is 0.320. The van der Waals surface area contributed by atoms with E-state index in [4.69, 9.17) is 9.90 Å². The zero-order valence-corrected chi connectivity index (χ0v) is 14.3. The molecule has 1 aromatic heterocycles. The molecule has 2 aromatic rings. The third kappa shape index (κ3) is 5.85. The van der Waals surface area contributed by atoms with Crippen molar-refractivity contribution in [2.24, 2.45) is 0 Å². The van der Waals surface area contributed by atoms with Crippen LogP contribution in [0.4, 0.5) is 13.2 Å². The molecule has 0 saturated carbocycles. The smallest absolute Gasteiger partial charge is 0.480 e. The van der Waals surface area contributed by atoms with Crippen molar-refractivity contribution >= 4 is 11.9 Å². The van der Waals surface area contributed by atoms with Gasteiger partial charge in [0.25, 0.3) is 0 Å². The minimum Gasteiger partial charge on any atom is -0.480 e. The summed E-state index contributed by atoms with van der Waals surface area (Å²) in [6.45, 7) is 1.58. The third-order valence-electron chi connectivity index (χ3n) is 4.12. The van der Waals surface area contributed by atoms with Crippen LogP contribution in [0.5, 0.6) is 0 Å². The zero-order chi connectivity index (χ0) is 20.0. The Morgan fingerprint density at radius 3 is 2.11 bits per heavy atom. The van der Waals surface area contributed by atoms with Crippen molar-refractivity contribution in [1.29, 1.82) is 0 Å². The van der Waals surface area contributed by atoms with Crippen molar-refractivity contribution in [3.05, 3.63) is 54.4 Å². The molecule has 27 heavy (non-hydrogen) atoms. The molecule has 0 amide bonds. The van der Waals surface area contributed by atoms with Crippen LogP contribution in [0.3, 0.4) is 0 Å². The number of hydrogen-bond acceptors (Lipinski definition) is 3. The Hall–Kier alpha value is -2.81. The fourth-order valence-corrected chi connectivity index (χ4v) is 2.81. The maximum atomic E-state index is 11.2. The first-order chi connectivity index (χ1) is 12.7. The second-order valence-corrected chi connectivity index (χ2v) is 6.03. The molecule has 1 aromatic carbocycles. The predicted octanol–water partition coefficient (Wildman–Crippen LogP) is 3.16. The monoisotopic (exact) mass is 384 g/mol. The topological polar surface area (TPSA) is 82.8 Å². The summed E-state index contributed by atoms with van der Waals surface area (Å²) in [5, 5.41) is 16.3. The molecule has 0 radical (unpaired) electrons. The van der Waals surface area contributed by atoms with Crippen LogP contribution in [0.2, 0.25) is 0 Å². The molecule has 6 nitrogen and oxygen atoms in total. The predicted molar refractivity (Wildman–Crippen MR) is 90.5 cm³/mol. The van der Waals surface area contributed by atoms with E-state index >= 15 is 0 Å². The van der Waals surface area contributed by atoms with E-state index in [1.54, 1.807) is 0 Å². The molecular formula is C18H19F3N2O4. The van der Waals surface area contributed by atoms with Crippen LogP contribution in [-0.2, 0) is 16.1 Å². The highest BCUT2D eigenvalue weighted by Crippen LogP contribution is 2.21. The van der Waals surface area contributed by atoms with E-state index in [0.29, 0.717) is 6.54 Å². The first-order valence-corrected chi connectivity index (χ1v) is 8.17. The number of carboxylic acid groups (broad SMARTS) is 2. The van der Waals surface area contributed by atoms with Gasteiger partial charge in [0.15, 0.2) is 0 Å². The Morgan fingerprint density at radius 2 is 1.63 bits per heavy atom. The average molecular weight is 384 g/mol. The number of hydrogen-bond donors (Lipinski definition) is 2. The number of benzene rings is 1. The second kappa shape index (κ2) is 8.72. The summed E-state index contributed by atoms with van der Waals surface area (Å²) in [4.78, 5) is 22.1. The highest BCUT2D eigenvalue weighted by Gasteiger charge is 2.38. The van der Waals surface area contributed by atoms with Crippen LogP contribution in [-0.4, -0.2) is 50.4 Å². The van der Waals surface area contributed by atoms with Crippen molar-refractivity contribution in [2.45, 2.75) is 31.6 Å². The molecule has 1 aliphatic rings. The molecule has 1 atom stereocenters. The van der Waals surface area contributed by atoms with E-state index in [1.807, 2.05) is 29.4 Å². The molecule has 1 aliphatic heterocycles. The van der Waals surface area contributed by atoms with Crippen LogP contribution >= 0.6 is 0 Å². The van der Waals surface area contributed by atoms with E-state index < -0.39 is 18.1 Å². The van der Waals surface area contributed by atoms with Crippen LogP contribution in [0.25, 0.3) is 5.69 Å². The highest BCUT2D eigenvalue weighted by molar-refractivity contribution is 5.73. The number of carbonyl (C=O) groups is 2. The summed E-state index contributed by atoms with van der Waals surface area (Å²) < 4.78 is 33.8. The summed E-state index contributed by atoms with van der Waals surface area (Å²) in [6.07, 6.45) is 0.668. The standard InChI is InChI=1S/C16H18N2O2.C2HF3O2/c19-16(20)15-4-3-11-18(15)12-13-5-7-14(8-6-13)17-9-1-2-10-17;3-2(4,5)1(6)7/h1-2,5-10,15H,3-4,11-12H2,(H,19,20);(H,6,7)/t15-;/m0./s1. The van der Waals surface area contributed by atoms with Crippen molar-refractivity contribution < 1.29 is 33.0 Å². The fourth-order valence-electron chi connectivity index (χ4n) is 2.81. The van der Waals surface area contributed by atoms with Crippen molar-refractivity contribution in [1.82, 2.24) is 9.47 Å². The van der Waals surface area contributed by atoms with Crippen LogP contribution < -0.4 is 0 Å². The Morgan fingerprint density at radius 1 is 1.07 bits per heavy atom. The molecule has 3 rings (SSSR count). The van der Waals surface area contributed by atoms with E-state index in [1.165, 1.54) is 0 Å². The summed E-state index contributed by atoms with van der Waals surface area (Å²) in [6, 6.07) is 12.0. The summed E-state index contributed by atoms with van der Waals surface area (Å²) in [5.74, 6) is -3.46. The zero-order valence-electron chi connectivity index (χ0n) is 14.3. The molecule has 1 saturated heterocycles. The van der Waals surface area contributed by atoms with Gasteiger partial charge in [-0.3, -0.25) is 9.69 Å². The van der Waals surface area contributed by atoms with Gasteiger partial charge in [-0.15, -0.1) is 0 Å². The van der Waals surface area contributed by atoms with Crippen LogP contribution in [0.15, 0.2) is 48.8 Å². The molecule has 1 fully saturated rings. The normalized spacial score (nSPS) is 17.2. The van der Waals surface area contributed by atoms with Gasteiger partial charge in [0.2, 0.25) is 0 Å². The number of alkyl halides is 3. The van der Waals surface area contributed by atoms with E-state index in [0.717, 1.165) is 30.6 Å². The number of nitrogens with zero attached hydrogens (tertiary/aromatic N) is 2. The first-order valence-electron chi connectivity index (χ1n) is 8.17. The molecule has 9 heteroatoms. The fraction of sp³-hybridized carbons (Fsp3) is 0.333. The first kappa shape index (κ1) is 20.5. The number of halogens is 3. The third-order valence-corrected chi connectivity index (χ3v) is 4.12. The minimum atomic E-state index is -5.08. The Balaban J connectivity index is 0.000000321. The van der Waals surface area contributed by atoms with E-state index in [9.17, 15) is 23.1 Å². The van der Waals surface area contributed by atoms with Crippen molar-refractivity contribution in [2.75, 3.05) is 6.54 Å². The lowest BCUT2D eigenvalue weighted by Crippen LogP contribution is -2.35. The number of rotatable bonds is 4. The van der Waals surface area contributed by atoms with Gasteiger partial charge in [-0.05, 0) is 49.2 Å². The molecule has 0 unspecified atom stereocenters. The van der Waals surface area contributed by atoms with Gasteiger partial charge in [0.05, 0.1) is 0 Å². The molecule has 0 aliphatic carbocycles. The number of aromatic nitrogens is 1. The van der Waals surface area contributed by atoms with Crippen LogP contribution in [0, 0.1) is 0 Å². The van der Waals surface area contributed by atoms with Gasteiger partial charge < -0.3 is 14.8 Å². The van der Waals surface area contributed by atoms with Gasteiger partial charge in [-0.25, -0.2) is 4.79 Å². The Labute approximate surface area is 153 Å². The molecule has 0 spiro atoms. The number of carboxylic acids is 2. The SMILES string of the molecule is O=C(O)C(F)(F)F.O=C(O)[C@@H]1CCCN1Cc1ccc(-n2cccc2)cc1.